The lowest BCUT2D eigenvalue weighted by atomic mass is 10.0. The number of carbonyl (C=O) groups is 1. The Morgan fingerprint density at radius 3 is 2.77 bits per heavy atom. The van der Waals surface area contributed by atoms with Crippen molar-refractivity contribution < 1.29 is 14.6 Å². The molecular weight excluding hydrogens is 378 g/mol. The summed E-state index contributed by atoms with van der Waals surface area (Å²) in [6, 6.07) is 14.2. The lowest BCUT2D eigenvalue weighted by Crippen LogP contribution is -2.33. The molecule has 2 heterocycles. The van der Waals surface area contributed by atoms with Gasteiger partial charge in [0.2, 0.25) is 5.91 Å². The number of carbonyl (C=O) groups excluding carboxylic acids is 1. The predicted molar refractivity (Wildman–Crippen MR) is 119 cm³/mol. The molecule has 0 aliphatic carbocycles. The van der Waals surface area contributed by atoms with Gasteiger partial charge in [0.15, 0.2) is 0 Å². The van der Waals surface area contributed by atoms with Gasteiger partial charge in [-0.15, -0.1) is 0 Å². The number of aliphatic hydroxyl groups excluding tert-OH is 1. The maximum atomic E-state index is 11.7. The Morgan fingerprint density at radius 2 is 1.97 bits per heavy atom. The number of β-amino-alcohol motifs (C(OH)–C–C–N with tert-alkyl or cyclic N) is 1. The summed E-state index contributed by atoms with van der Waals surface area (Å²) in [5.41, 5.74) is 4.27. The molecule has 1 atom stereocenters. The third-order valence-corrected chi connectivity index (χ3v) is 6.20. The molecule has 1 fully saturated rings. The fraction of sp³-hybridized carbons (Fsp3) is 0.458. The molecule has 0 saturated carbocycles. The maximum Gasteiger partial charge on any atom is 0.223 e. The Balaban J connectivity index is 1.37. The summed E-state index contributed by atoms with van der Waals surface area (Å²) in [7, 11) is 1.70. The summed E-state index contributed by atoms with van der Waals surface area (Å²) >= 11 is 0. The van der Waals surface area contributed by atoms with Crippen LogP contribution in [0.25, 0.3) is 0 Å². The van der Waals surface area contributed by atoms with Crippen LogP contribution in [0.3, 0.4) is 0 Å². The molecule has 6 heteroatoms. The van der Waals surface area contributed by atoms with Gasteiger partial charge in [0, 0.05) is 63.6 Å². The van der Waals surface area contributed by atoms with Crippen molar-refractivity contribution >= 4 is 17.3 Å². The van der Waals surface area contributed by atoms with E-state index in [0.717, 1.165) is 68.1 Å². The van der Waals surface area contributed by atoms with Gasteiger partial charge < -0.3 is 19.6 Å². The molecule has 6 nitrogen and oxygen atoms in total. The fourth-order valence-electron chi connectivity index (χ4n) is 4.52. The van der Waals surface area contributed by atoms with Crippen LogP contribution in [0.2, 0.25) is 0 Å². The predicted octanol–water partition coefficient (Wildman–Crippen LogP) is 2.85. The Bertz CT molecular complexity index is 901. The fourth-order valence-corrected chi connectivity index (χ4v) is 4.52. The van der Waals surface area contributed by atoms with Crippen molar-refractivity contribution in [3.63, 3.8) is 0 Å². The number of ether oxygens (including phenoxy) is 1. The Morgan fingerprint density at radius 1 is 1.10 bits per heavy atom. The highest BCUT2D eigenvalue weighted by Crippen LogP contribution is 2.31. The van der Waals surface area contributed by atoms with Crippen molar-refractivity contribution in [3.8, 4) is 5.75 Å². The first-order valence-corrected chi connectivity index (χ1v) is 10.8. The molecule has 2 aromatic carbocycles. The summed E-state index contributed by atoms with van der Waals surface area (Å²) in [4.78, 5) is 18.3. The minimum absolute atomic E-state index is 0.0761. The van der Waals surface area contributed by atoms with Crippen LogP contribution in [0, 0.1) is 0 Å². The highest BCUT2D eigenvalue weighted by atomic mass is 16.5. The van der Waals surface area contributed by atoms with Crippen molar-refractivity contribution in [2.24, 2.45) is 0 Å². The highest BCUT2D eigenvalue weighted by Gasteiger charge is 2.24. The molecule has 0 aromatic heterocycles. The molecule has 4 rings (SSSR count). The van der Waals surface area contributed by atoms with E-state index in [4.69, 9.17) is 4.74 Å². The van der Waals surface area contributed by atoms with Gasteiger partial charge in [-0.1, -0.05) is 18.2 Å². The normalized spacial score (nSPS) is 18.1. The molecule has 2 aliphatic heterocycles. The van der Waals surface area contributed by atoms with Crippen LogP contribution in [-0.2, 0) is 11.2 Å². The molecule has 30 heavy (non-hydrogen) atoms. The smallest absolute Gasteiger partial charge is 0.223 e. The zero-order chi connectivity index (χ0) is 21.1. The average Bonchev–Trinajstić information content (AvgIpc) is 3.05. The Labute approximate surface area is 178 Å². The number of nitrogens with zero attached hydrogens (tertiary/aromatic N) is 3. The van der Waals surface area contributed by atoms with Crippen molar-refractivity contribution in [3.05, 3.63) is 53.6 Å². The zero-order valence-electron chi connectivity index (χ0n) is 17.9. The lowest BCUT2D eigenvalue weighted by Gasteiger charge is -2.25. The zero-order valence-corrected chi connectivity index (χ0v) is 17.9. The van der Waals surface area contributed by atoms with E-state index in [9.17, 15) is 9.90 Å². The van der Waals surface area contributed by atoms with Gasteiger partial charge in [0.25, 0.3) is 0 Å². The van der Waals surface area contributed by atoms with Crippen LogP contribution in [0.4, 0.5) is 11.4 Å². The van der Waals surface area contributed by atoms with Crippen molar-refractivity contribution in [2.45, 2.75) is 25.9 Å². The minimum atomic E-state index is -0.523. The van der Waals surface area contributed by atoms with Crippen LogP contribution < -0.4 is 14.5 Å². The molecule has 1 unspecified atom stereocenters. The molecule has 1 saturated heterocycles. The van der Waals surface area contributed by atoms with Crippen LogP contribution in [0.15, 0.2) is 42.5 Å². The summed E-state index contributed by atoms with van der Waals surface area (Å²) < 4.78 is 5.36. The van der Waals surface area contributed by atoms with Crippen LogP contribution in [-0.4, -0.2) is 62.3 Å². The van der Waals surface area contributed by atoms with Gasteiger partial charge in [0.1, 0.15) is 5.75 Å². The number of aliphatic hydroxyl groups is 1. The molecule has 0 radical (unpaired) electrons. The Kier molecular flexibility index (Phi) is 6.25. The van der Waals surface area contributed by atoms with E-state index in [1.807, 2.05) is 29.2 Å². The second-order valence-electron chi connectivity index (χ2n) is 8.17. The Hall–Kier alpha value is -2.57. The number of fused-ring (bicyclic) bond motifs is 1. The first kappa shape index (κ1) is 20.7. The van der Waals surface area contributed by atoms with Gasteiger partial charge in [-0.2, -0.15) is 0 Å². The number of hydrogen-bond donors (Lipinski definition) is 1. The summed E-state index contributed by atoms with van der Waals surface area (Å²) in [5.74, 6) is 0.955. The third-order valence-electron chi connectivity index (χ3n) is 6.20. The quantitative estimate of drug-likeness (QED) is 0.823. The van der Waals surface area contributed by atoms with E-state index in [1.54, 1.807) is 14.0 Å². The van der Waals surface area contributed by atoms with E-state index in [-0.39, 0.29) is 5.91 Å². The van der Waals surface area contributed by atoms with E-state index in [1.165, 1.54) is 5.69 Å². The van der Waals surface area contributed by atoms with Crippen LogP contribution in [0.5, 0.6) is 5.75 Å². The van der Waals surface area contributed by atoms with Gasteiger partial charge in [-0.3, -0.25) is 9.69 Å². The summed E-state index contributed by atoms with van der Waals surface area (Å²) in [5, 5.41) is 10.9. The number of rotatable bonds is 5. The largest absolute Gasteiger partial charge is 0.497 e. The third kappa shape index (κ3) is 4.45. The van der Waals surface area contributed by atoms with E-state index < -0.39 is 6.10 Å². The number of anilines is 2. The monoisotopic (exact) mass is 409 g/mol. The number of benzene rings is 2. The van der Waals surface area contributed by atoms with Crippen molar-refractivity contribution in [1.82, 2.24) is 4.90 Å². The second-order valence-corrected chi connectivity index (χ2v) is 8.17. The summed E-state index contributed by atoms with van der Waals surface area (Å²) in [6.45, 7) is 6.78. The highest BCUT2D eigenvalue weighted by molar-refractivity contribution is 5.93. The van der Waals surface area contributed by atoms with E-state index in [2.05, 4.69) is 28.0 Å². The molecule has 160 valence electrons. The van der Waals surface area contributed by atoms with Gasteiger partial charge in [0.05, 0.1) is 13.2 Å². The molecule has 2 aliphatic rings. The second kappa shape index (κ2) is 9.06. The standard InChI is InChI=1S/C24H31N3O3/c1-18(28)27-12-9-19-15-20(7-8-23(19)27)24(29)17-25-10-4-11-26(14-13-25)21-5-3-6-22(16-21)30-2/h3,5-8,15-16,24,29H,4,9-14,17H2,1-2H3. The van der Waals surface area contributed by atoms with Gasteiger partial charge >= 0.3 is 0 Å². The average molecular weight is 410 g/mol. The molecular formula is C24H31N3O3. The van der Waals surface area contributed by atoms with Crippen molar-refractivity contribution in [2.75, 3.05) is 56.2 Å². The molecule has 1 N–H and O–H groups in total. The molecule has 1 amide bonds. The number of amides is 1. The first-order valence-electron chi connectivity index (χ1n) is 10.8. The molecule has 0 spiro atoms. The maximum absolute atomic E-state index is 11.7. The summed E-state index contributed by atoms with van der Waals surface area (Å²) in [6.07, 6.45) is 1.39. The topological polar surface area (TPSA) is 56.2 Å². The van der Waals surface area contributed by atoms with Gasteiger partial charge in [-0.05, 0) is 42.2 Å². The number of hydrogen-bond acceptors (Lipinski definition) is 5. The van der Waals surface area contributed by atoms with Crippen LogP contribution >= 0.6 is 0 Å². The minimum Gasteiger partial charge on any atom is -0.497 e. The molecule has 2 aromatic rings. The number of methoxy groups -OCH3 is 1. The van der Waals surface area contributed by atoms with Gasteiger partial charge in [-0.25, -0.2) is 0 Å². The first-order chi connectivity index (χ1) is 14.5. The van der Waals surface area contributed by atoms with E-state index >= 15 is 0 Å². The SMILES string of the molecule is COc1cccc(N2CCCN(CC(O)c3ccc4c(c3)CCN4C(C)=O)CC2)c1. The van der Waals surface area contributed by atoms with Crippen LogP contribution in [0.1, 0.15) is 30.6 Å². The molecule has 0 bridgehead atoms. The van der Waals surface area contributed by atoms with Crippen molar-refractivity contribution in [1.29, 1.82) is 0 Å². The lowest BCUT2D eigenvalue weighted by molar-refractivity contribution is -0.116. The van der Waals surface area contributed by atoms with E-state index in [0.29, 0.717) is 6.54 Å².